The van der Waals surface area contributed by atoms with Gasteiger partial charge in [-0.1, -0.05) is 72.8 Å². The third kappa shape index (κ3) is 4.98. The zero-order valence-corrected chi connectivity index (χ0v) is 18.8. The second-order valence-electron chi connectivity index (χ2n) is 6.33. The summed E-state index contributed by atoms with van der Waals surface area (Å²) in [4.78, 5) is 11.0. The van der Waals surface area contributed by atoms with E-state index in [1.54, 1.807) is 23.5 Å². The zero-order chi connectivity index (χ0) is 19.3. The summed E-state index contributed by atoms with van der Waals surface area (Å²) in [7, 11) is 0. The monoisotopic (exact) mass is 408 g/mol. The number of hydrogen-bond acceptors (Lipinski definition) is 4. The average Bonchev–Trinajstić information content (AvgIpc) is 3.23. The van der Waals surface area contributed by atoms with Gasteiger partial charge in [-0.3, -0.25) is 0 Å². The standard InChI is InChI=1S/C24H18O3S.Na/c25-24(26)19-12-10-18(11-13-19)21-15-28-16-22(21)20-8-4-5-9-23(20)27-14-17-6-2-1-3-7-17;/h1-13,15-16H,14H2,(H,25,26);/q;+1/p-1. The normalized spacial score (nSPS) is 10.2. The van der Waals surface area contributed by atoms with Gasteiger partial charge in [0.2, 0.25) is 0 Å². The molecule has 4 aromatic rings. The maximum absolute atomic E-state index is 11.0. The molecule has 0 aliphatic rings. The number of aromatic carboxylic acids is 1. The van der Waals surface area contributed by atoms with Crippen LogP contribution in [0.4, 0.5) is 0 Å². The van der Waals surface area contributed by atoms with E-state index in [0.717, 1.165) is 33.6 Å². The largest absolute Gasteiger partial charge is 1.00 e. The molecule has 0 bridgehead atoms. The third-order valence-corrected chi connectivity index (χ3v) is 5.25. The second-order valence-corrected chi connectivity index (χ2v) is 7.08. The van der Waals surface area contributed by atoms with Crippen LogP contribution in [0, 0.1) is 0 Å². The first kappa shape index (κ1) is 21.3. The van der Waals surface area contributed by atoms with Crippen molar-refractivity contribution in [3.8, 4) is 28.0 Å². The van der Waals surface area contributed by atoms with Crippen molar-refractivity contribution in [3.05, 3.63) is 101 Å². The number of carbonyl (C=O) groups excluding carboxylic acids is 1. The summed E-state index contributed by atoms with van der Waals surface area (Å²) in [5.41, 5.74) is 5.37. The first-order valence-electron chi connectivity index (χ1n) is 8.86. The Labute approximate surface area is 195 Å². The van der Waals surface area contributed by atoms with Crippen LogP contribution in [0.5, 0.6) is 5.75 Å². The van der Waals surface area contributed by atoms with E-state index in [4.69, 9.17) is 4.74 Å². The number of carboxylic acids is 1. The number of thiophene rings is 1. The van der Waals surface area contributed by atoms with Gasteiger partial charge in [-0.2, -0.15) is 11.3 Å². The Bertz CT molecular complexity index is 1090. The van der Waals surface area contributed by atoms with Gasteiger partial charge in [-0.05, 0) is 33.5 Å². The van der Waals surface area contributed by atoms with Crippen LogP contribution < -0.4 is 39.4 Å². The van der Waals surface area contributed by atoms with Gasteiger partial charge in [0.1, 0.15) is 12.4 Å². The van der Waals surface area contributed by atoms with Gasteiger partial charge in [0, 0.05) is 16.7 Å². The van der Waals surface area contributed by atoms with Crippen LogP contribution in [0.15, 0.2) is 89.6 Å². The van der Waals surface area contributed by atoms with Crippen LogP contribution >= 0.6 is 11.3 Å². The average molecular weight is 408 g/mol. The molecule has 1 aromatic heterocycles. The van der Waals surface area contributed by atoms with Gasteiger partial charge in [0.15, 0.2) is 0 Å². The Morgan fingerprint density at radius 2 is 1.45 bits per heavy atom. The number of carbonyl (C=O) groups is 1. The molecule has 4 rings (SSSR count). The molecule has 0 fully saturated rings. The summed E-state index contributed by atoms with van der Waals surface area (Å²) in [6.07, 6.45) is 0. The molecule has 1 heterocycles. The quantitative estimate of drug-likeness (QED) is 0.459. The zero-order valence-electron chi connectivity index (χ0n) is 16.0. The van der Waals surface area contributed by atoms with Crippen LogP contribution in [0.3, 0.4) is 0 Å². The molecule has 3 nitrogen and oxygen atoms in total. The summed E-state index contributed by atoms with van der Waals surface area (Å²) in [5, 5.41) is 15.2. The van der Waals surface area contributed by atoms with Crippen molar-refractivity contribution in [2.75, 3.05) is 0 Å². The molecule has 0 radical (unpaired) electrons. The van der Waals surface area contributed by atoms with Crippen molar-refractivity contribution in [2.45, 2.75) is 6.61 Å². The van der Waals surface area contributed by atoms with Gasteiger partial charge < -0.3 is 14.6 Å². The van der Waals surface area contributed by atoms with Gasteiger partial charge in [-0.15, -0.1) is 0 Å². The van der Waals surface area contributed by atoms with Crippen molar-refractivity contribution in [1.82, 2.24) is 0 Å². The van der Waals surface area contributed by atoms with Gasteiger partial charge in [0.25, 0.3) is 0 Å². The van der Waals surface area contributed by atoms with Crippen molar-refractivity contribution in [1.29, 1.82) is 0 Å². The molecule has 0 aliphatic heterocycles. The molecule has 5 heteroatoms. The van der Waals surface area contributed by atoms with Crippen molar-refractivity contribution in [2.24, 2.45) is 0 Å². The van der Waals surface area contributed by atoms with E-state index < -0.39 is 5.97 Å². The topological polar surface area (TPSA) is 49.4 Å². The fourth-order valence-electron chi connectivity index (χ4n) is 3.07. The molecule has 138 valence electrons. The van der Waals surface area contributed by atoms with Crippen molar-refractivity contribution >= 4 is 17.3 Å². The van der Waals surface area contributed by atoms with Gasteiger partial charge >= 0.3 is 29.6 Å². The first-order valence-corrected chi connectivity index (χ1v) is 9.81. The van der Waals surface area contributed by atoms with Gasteiger partial charge in [-0.25, -0.2) is 0 Å². The van der Waals surface area contributed by atoms with Crippen molar-refractivity contribution < 1.29 is 44.2 Å². The Balaban J connectivity index is 0.00000240. The number of benzene rings is 3. The van der Waals surface area contributed by atoms with Crippen LogP contribution in [0.2, 0.25) is 0 Å². The minimum Gasteiger partial charge on any atom is -0.545 e. The molecule has 0 amide bonds. The molecular formula is C24H17NaO3S. The van der Waals surface area contributed by atoms with Crippen molar-refractivity contribution in [3.63, 3.8) is 0 Å². The molecule has 29 heavy (non-hydrogen) atoms. The van der Waals surface area contributed by atoms with Crippen LogP contribution in [-0.4, -0.2) is 5.97 Å². The van der Waals surface area contributed by atoms with E-state index in [1.807, 2.05) is 66.7 Å². The smallest absolute Gasteiger partial charge is 0.545 e. The Hall–Kier alpha value is -2.37. The molecule has 0 spiro atoms. The Kier molecular flexibility index (Phi) is 7.29. The molecule has 0 N–H and O–H groups in total. The number of carboxylic acid groups (broad SMARTS) is 1. The molecule has 3 aromatic carbocycles. The van der Waals surface area contributed by atoms with Crippen LogP contribution in [-0.2, 0) is 6.61 Å². The maximum atomic E-state index is 11.0. The number of hydrogen-bond donors (Lipinski definition) is 0. The fourth-order valence-corrected chi connectivity index (χ4v) is 3.92. The van der Waals surface area contributed by atoms with E-state index in [2.05, 4.69) is 10.8 Å². The molecular weight excluding hydrogens is 391 g/mol. The summed E-state index contributed by atoms with van der Waals surface area (Å²) < 4.78 is 6.11. The molecule has 0 unspecified atom stereocenters. The fraction of sp³-hybridized carbons (Fsp3) is 0.0417. The summed E-state index contributed by atoms with van der Waals surface area (Å²) >= 11 is 1.61. The van der Waals surface area contributed by atoms with E-state index in [1.165, 1.54) is 0 Å². The SMILES string of the molecule is O=C([O-])c1ccc(-c2cscc2-c2ccccc2OCc2ccccc2)cc1.[Na+]. The molecule has 0 aliphatic carbocycles. The minimum atomic E-state index is -1.17. The molecule has 0 saturated heterocycles. The van der Waals surface area contributed by atoms with E-state index in [-0.39, 0.29) is 35.1 Å². The number of para-hydroxylation sites is 1. The second kappa shape index (κ2) is 9.90. The molecule has 0 saturated carbocycles. The summed E-state index contributed by atoms with van der Waals surface area (Å²) in [5.74, 6) is -0.353. The summed E-state index contributed by atoms with van der Waals surface area (Å²) in [6.45, 7) is 0.498. The van der Waals surface area contributed by atoms with Crippen LogP contribution in [0.1, 0.15) is 15.9 Å². The number of rotatable bonds is 6. The van der Waals surface area contributed by atoms with E-state index in [9.17, 15) is 9.90 Å². The third-order valence-electron chi connectivity index (χ3n) is 4.51. The predicted molar refractivity (Wildman–Crippen MR) is 110 cm³/mol. The minimum absolute atomic E-state index is 0. The van der Waals surface area contributed by atoms with E-state index in [0.29, 0.717) is 6.61 Å². The predicted octanol–water partition coefficient (Wildman–Crippen LogP) is 2.03. The molecule has 0 atom stereocenters. The van der Waals surface area contributed by atoms with E-state index >= 15 is 0 Å². The first-order chi connectivity index (χ1) is 13.7. The Morgan fingerprint density at radius 1 is 0.793 bits per heavy atom. The summed E-state index contributed by atoms with van der Waals surface area (Å²) in [6, 6.07) is 24.8. The number of ether oxygens (including phenoxy) is 1. The Morgan fingerprint density at radius 3 is 2.17 bits per heavy atom. The maximum Gasteiger partial charge on any atom is 1.00 e. The van der Waals surface area contributed by atoms with Crippen LogP contribution in [0.25, 0.3) is 22.3 Å². The van der Waals surface area contributed by atoms with Gasteiger partial charge in [0.05, 0.1) is 5.97 Å².